The Bertz CT molecular complexity index is 1870. The molecule has 0 aliphatic heterocycles. The Hall–Kier alpha value is -3.85. The van der Waals surface area contributed by atoms with Crippen LogP contribution in [0.4, 0.5) is 0 Å². The standard InChI is InChI=1S/2C20H15.C2H7Si.Hf/c2*1-2-8-18-13-15(12-17(18)7-1)14-19-10-5-9-16-6-3-4-11-20(16)19;1-3-2;/h2*1-13H,14H2;3H,1-2H3;/q2*-1;;. The third-order valence-corrected chi connectivity index (χ3v) is 7.90. The van der Waals surface area contributed by atoms with Crippen molar-refractivity contribution in [2.75, 3.05) is 0 Å². The van der Waals surface area contributed by atoms with Crippen molar-refractivity contribution >= 4 is 52.6 Å². The van der Waals surface area contributed by atoms with Gasteiger partial charge in [-0.2, -0.15) is 12.1 Å². The summed E-state index contributed by atoms with van der Waals surface area (Å²) < 4.78 is 0. The van der Waals surface area contributed by atoms with Crippen molar-refractivity contribution in [3.63, 3.8) is 0 Å². The molecule has 0 spiro atoms. The van der Waals surface area contributed by atoms with E-state index in [-0.39, 0.29) is 25.8 Å². The van der Waals surface area contributed by atoms with Gasteiger partial charge in [0.05, 0.1) is 0 Å². The van der Waals surface area contributed by atoms with Gasteiger partial charge in [-0.1, -0.05) is 110 Å². The molecule has 44 heavy (non-hydrogen) atoms. The molecule has 8 aromatic rings. The van der Waals surface area contributed by atoms with E-state index in [4.69, 9.17) is 0 Å². The van der Waals surface area contributed by atoms with E-state index in [1.165, 1.54) is 65.3 Å². The summed E-state index contributed by atoms with van der Waals surface area (Å²) in [5.41, 5.74) is 5.59. The van der Waals surface area contributed by atoms with Gasteiger partial charge in [0.1, 0.15) is 0 Å². The van der Waals surface area contributed by atoms with Gasteiger partial charge in [-0.15, -0.1) is 81.2 Å². The van der Waals surface area contributed by atoms with Crippen LogP contribution < -0.4 is 0 Å². The maximum atomic E-state index is 2.30. The number of fused-ring (bicyclic) bond motifs is 4. The third-order valence-electron chi connectivity index (χ3n) is 7.90. The van der Waals surface area contributed by atoms with E-state index in [2.05, 4.69) is 171 Å². The molecule has 0 saturated carbocycles. The normalized spacial score (nSPS) is 10.6. The molecule has 1 radical (unpaired) electrons. The number of rotatable bonds is 4. The second-order valence-electron chi connectivity index (χ2n) is 11.2. The predicted molar refractivity (Wildman–Crippen MR) is 191 cm³/mol. The summed E-state index contributed by atoms with van der Waals surface area (Å²) in [5, 5.41) is 10.7. The topological polar surface area (TPSA) is 0 Å². The molecule has 0 aliphatic rings. The minimum atomic E-state index is 0. The van der Waals surface area contributed by atoms with Crippen molar-refractivity contribution in [3.8, 4) is 0 Å². The Morgan fingerprint density at radius 2 is 0.773 bits per heavy atom. The summed E-state index contributed by atoms with van der Waals surface area (Å²) in [6, 6.07) is 56.7. The van der Waals surface area contributed by atoms with Gasteiger partial charge in [-0.05, 0) is 45.5 Å². The molecule has 8 aromatic carbocycles. The van der Waals surface area contributed by atoms with Crippen LogP contribution in [0.25, 0.3) is 43.1 Å². The van der Waals surface area contributed by atoms with Crippen LogP contribution in [0.2, 0.25) is 13.1 Å². The van der Waals surface area contributed by atoms with Gasteiger partial charge >= 0.3 is 0 Å². The van der Waals surface area contributed by atoms with Crippen LogP contribution in [0.15, 0.2) is 158 Å². The van der Waals surface area contributed by atoms with Crippen LogP contribution in [0.3, 0.4) is 0 Å². The van der Waals surface area contributed by atoms with Gasteiger partial charge in [0, 0.05) is 35.4 Å². The molecule has 0 heterocycles. The first-order valence-corrected chi connectivity index (χ1v) is 17.5. The van der Waals surface area contributed by atoms with Crippen LogP contribution in [0, 0.1) is 0 Å². The summed E-state index contributed by atoms with van der Waals surface area (Å²) >= 11 is 0. The van der Waals surface area contributed by atoms with Crippen molar-refractivity contribution in [2.45, 2.75) is 25.9 Å². The van der Waals surface area contributed by atoms with Crippen molar-refractivity contribution in [1.82, 2.24) is 0 Å². The Balaban J connectivity index is 0.000000157. The zero-order valence-corrected chi connectivity index (χ0v) is 30.3. The fraction of sp³-hybridized carbons (Fsp3) is 0.0952. The van der Waals surface area contributed by atoms with Gasteiger partial charge in [0.15, 0.2) is 0 Å². The van der Waals surface area contributed by atoms with Crippen LogP contribution in [0.1, 0.15) is 22.3 Å². The molecule has 0 unspecified atom stereocenters. The second-order valence-corrected chi connectivity index (χ2v) is 12.3. The van der Waals surface area contributed by atoms with Crippen LogP contribution in [-0.4, -0.2) is 9.52 Å². The fourth-order valence-corrected chi connectivity index (χ4v) is 5.97. The van der Waals surface area contributed by atoms with E-state index in [9.17, 15) is 0 Å². The van der Waals surface area contributed by atoms with Crippen molar-refractivity contribution in [3.05, 3.63) is 180 Å². The first-order chi connectivity index (χ1) is 21.2. The average Bonchev–Trinajstić information content (AvgIpc) is 3.65. The minimum Gasteiger partial charge on any atom is -0.165 e. The zero-order chi connectivity index (χ0) is 29.4. The van der Waals surface area contributed by atoms with Crippen LogP contribution in [-0.2, 0) is 38.7 Å². The Morgan fingerprint density at radius 1 is 0.432 bits per heavy atom. The molecule has 215 valence electrons. The Kier molecular flexibility index (Phi) is 10.9. The monoisotopic (exact) mass is 749 g/mol. The summed E-state index contributed by atoms with van der Waals surface area (Å²) in [4.78, 5) is 0. The first-order valence-electron chi connectivity index (χ1n) is 15.2. The molecular formula is C42H37HfSi-2. The third kappa shape index (κ3) is 7.43. The molecule has 8 rings (SSSR count). The molecule has 0 atom stereocenters. The summed E-state index contributed by atoms with van der Waals surface area (Å²) in [6.07, 6.45) is 1.99. The molecule has 0 saturated heterocycles. The van der Waals surface area contributed by atoms with Crippen molar-refractivity contribution < 1.29 is 25.8 Å². The van der Waals surface area contributed by atoms with E-state index in [1.54, 1.807) is 0 Å². The van der Waals surface area contributed by atoms with E-state index in [0.29, 0.717) is 0 Å². The van der Waals surface area contributed by atoms with Gasteiger partial charge in [0.25, 0.3) is 0 Å². The number of hydrogen-bond donors (Lipinski definition) is 0. The summed E-state index contributed by atoms with van der Waals surface area (Å²) in [5.74, 6) is 0. The predicted octanol–water partition coefficient (Wildman–Crippen LogP) is 11.1. The van der Waals surface area contributed by atoms with E-state index in [0.717, 1.165) is 22.4 Å². The number of benzene rings is 6. The second kappa shape index (κ2) is 15.2. The van der Waals surface area contributed by atoms with Gasteiger partial charge in [-0.3, -0.25) is 0 Å². The maximum absolute atomic E-state index is 2.30. The minimum absolute atomic E-state index is 0. The van der Waals surface area contributed by atoms with E-state index < -0.39 is 0 Å². The average molecular weight is 748 g/mol. The van der Waals surface area contributed by atoms with Crippen LogP contribution >= 0.6 is 0 Å². The summed E-state index contributed by atoms with van der Waals surface area (Å²) in [7, 11) is 0.750. The van der Waals surface area contributed by atoms with Crippen molar-refractivity contribution in [2.24, 2.45) is 0 Å². The molecule has 0 amide bonds. The molecular weight excluding hydrogens is 711 g/mol. The Morgan fingerprint density at radius 3 is 1.18 bits per heavy atom. The first kappa shape index (κ1) is 31.6. The van der Waals surface area contributed by atoms with Crippen LogP contribution in [0.5, 0.6) is 0 Å². The number of hydrogen-bond acceptors (Lipinski definition) is 0. The van der Waals surface area contributed by atoms with Gasteiger partial charge < -0.3 is 0 Å². The van der Waals surface area contributed by atoms with E-state index in [1.807, 2.05) is 0 Å². The van der Waals surface area contributed by atoms with Crippen molar-refractivity contribution in [1.29, 1.82) is 0 Å². The molecule has 2 heteroatoms. The molecule has 0 nitrogen and oxygen atoms in total. The largest absolute Gasteiger partial charge is 0.165 e. The van der Waals surface area contributed by atoms with Gasteiger partial charge in [0.2, 0.25) is 0 Å². The van der Waals surface area contributed by atoms with Gasteiger partial charge in [-0.25, -0.2) is 0 Å². The molecule has 0 aromatic heterocycles. The fourth-order valence-electron chi connectivity index (χ4n) is 5.97. The van der Waals surface area contributed by atoms with E-state index >= 15 is 0 Å². The molecule has 0 aliphatic carbocycles. The molecule has 0 fully saturated rings. The Labute approximate surface area is 282 Å². The SMILES string of the molecule is C[SiH]C.[Hf].c1ccc2[cH-]c(Cc3cccc4ccccc34)cc2c1.c1ccc2[cH-]c(Cc3cccc4ccccc34)cc2c1. The maximum Gasteiger partial charge on any atom is 0.0213 e. The smallest absolute Gasteiger partial charge is 0.0213 e. The zero-order valence-electron chi connectivity index (χ0n) is 25.5. The molecule has 0 N–H and O–H groups in total. The molecule has 0 bridgehead atoms. The quantitative estimate of drug-likeness (QED) is 0.124. The summed E-state index contributed by atoms with van der Waals surface area (Å²) in [6.45, 7) is 4.42.